The average Bonchev–Trinajstić information content (AvgIpc) is 2.23. The van der Waals surface area contributed by atoms with Gasteiger partial charge in [-0.2, -0.15) is 0 Å². The van der Waals surface area contributed by atoms with Gasteiger partial charge in [0.25, 0.3) is 0 Å². The number of para-hydroxylation sites is 1. The van der Waals surface area contributed by atoms with Crippen LogP contribution < -0.4 is 4.74 Å². The molecule has 0 unspecified atom stereocenters. The minimum Gasteiger partial charge on any atom is -0.496 e. The average molecular weight is 220 g/mol. The van der Waals surface area contributed by atoms with Crippen molar-refractivity contribution in [1.82, 2.24) is 0 Å². The number of carboxylic acid groups (broad SMARTS) is 1. The highest BCUT2D eigenvalue weighted by Crippen LogP contribution is 2.45. The summed E-state index contributed by atoms with van der Waals surface area (Å²) in [5, 5.41) is 9.27. The summed E-state index contributed by atoms with van der Waals surface area (Å²) in [6.45, 7) is 0. The lowest BCUT2D eigenvalue weighted by molar-refractivity contribution is -0.154. The van der Waals surface area contributed by atoms with Crippen LogP contribution in [0.4, 0.5) is 0 Å². The molecule has 3 heteroatoms. The molecule has 1 N–H and O–H groups in total. The first-order chi connectivity index (χ1) is 7.68. The van der Waals surface area contributed by atoms with Gasteiger partial charge in [0.05, 0.1) is 12.5 Å². The summed E-state index contributed by atoms with van der Waals surface area (Å²) in [7, 11) is 1.62. The molecule has 86 valence electrons. The first-order valence-corrected chi connectivity index (χ1v) is 5.53. The summed E-state index contributed by atoms with van der Waals surface area (Å²) in [5.74, 6) is 0.111. The van der Waals surface area contributed by atoms with E-state index in [0.717, 1.165) is 30.6 Å². The van der Waals surface area contributed by atoms with Gasteiger partial charge in [0.2, 0.25) is 0 Å². The molecule has 0 aliphatic heterocycles. The Morgan fingerprint density at radius 2 is 2.12 bits per heavy atom. The topological polar surface area (TPSA) is 46.5 Å². The summed E-state index contributed by atoms with van der Waals surface area (Å²) in [6, 6.07) is 7.65. The van der Waals surface area contributed by atoms with E-state index in [0.29, 0.717) is 6.42 Å². The quantitative estimate of drug-likeness (QED) is 0.848. The first kappa shape index (κ1) is 11.0. The Balaban J connectivity index is 2.22. The molecule has 0 amide bonds. The van der Waals surface area contributed by atoms with Crippen LogP contribution in [0.3, 0.4) is 0 Å². The second-order valence-electron chi connectivity index (χ2n) is 4.43. The highest BCUT2D eigenvalue weighted by atomic mass is 16.5. The lowest BCUT2D eigenvalue weighted by Crippen LogP contribution is -2.39. The molecule has 1 aliphatic rings. The van der Waals surface area contributed by atoms with Gasteiger partial charge < -0.3 is 9.84 Å². The van der Waals surface area contributed by atoms with Gasteiger partial charge in [0.1, 0.15) is 5.75 Å². The second kappa shape index (κ2) is 4.16. The fourth-order valence-electron chi connectivity index (χ4n) is 2.28. The van der Waals surface area contributed by atoms with Gasteiger partial charge >= 0.3 is 5.97 Å². The van der Waals surface area contributed by atoms with Crippen LogP contribution in [0.5, 0.6) is 5.75 Å². The van der Waals surface area contributed by atoms with E-state index in [1.54, 1.807) is 7.11 Å². The predicted molar refractivity (Wildman–Crippen MR) is 60.6 cm³/mol. The standard InChI is InChI=1S/C13H16O3/c1-16-11-6-3-2-5-10(11)9-13(12(14)15)7-4-8-13/h2-3,5-6H,4,7-9H2,1H3,(H,14,15). The molecule has 16 heavy (non-hydrogen) atoms. The maximum atomic E-state index is 11.3. The van der Waals surface area contributed by atoms with E-state index in [1.165, 1.54) is 0 Å². The molecule has 1 saturated carbocycles. The molecule has 0 atom stereocenters. The number of carbonyl (C=O) groups is 1. The van der Waals surface area contributed by atoms with Crippen molar-refractivity contribution in [2.24, 2.45) is 5.41 Å². The molecule has 2 rings (SSSR count). The van der Waals surface area contributed by atoms with Gasteiger partial charge in [-0.3, -0.25) is 4.79 Å². The summed E-state index contributed by atoms with van der Waals surface area (Å²) < 4.78 is 5.25. The van der Waals surface area contributed by atoms with Crippen molar-refractivity contribution >= 4 is 5.97 Å². The number of aliphatic carboxylic acids is 1. The lowest BCUT2D eigenvalue weighted by atomic mass is 9.65. The van der Waals surface area contributed by atoms with Crippen LogP contribution >= 0.6 is 0 Å². The van der Waals surface area contributed by atoms with Crippen molar-refractivity contribution in [2.45, 2.75) is 25.7 Å². The molecular formula is C13H16O3. The smallest absolute Gasteiger partial charge is 0.309 e. The van der Waals surface area contributed by atoms with E-state index >= 15 is 0 Å². The third kappa shape index (κ3) is 1.77. The maximum Gasteiger partial charge on any atom is 0.309 e. The van der Waals surface area contributed by atoms with Crippen LogP contribution in [0.2, 0.25) is 0 Å². The Kier molecular flexibility index (Phi) is 2.86. The zero-order chi connectivity index (χ0) is 11.6. The van der Waals surface area contributed by atoms with Crippen LogP contribution in [-0.4, -0.2) is 18.2 Å². The third-order valence-electron chi connectivity index (χ3n) is 3.49. The number of rotatable bonds is 4. The Morgan fingerprint density at radius 1 is 1.44 bits per heavy atom. The van der Waals surface area contributed by atoms with Crippen molar-refractivity contribution in [2.75, 3.05) is 7.11 Å². The van der Waals surface area contributed by atoms with E-state index in [1.807, 2.05) is 24.3 Å². The fraction of sp³-hybridized carbons (Fsp3) is 0.462. The zero-order valence-corrected chi connectivity index (χ0v) is 9.40. The molecule has 0 spiro atoms. The van der Waals surface area contributed by atoms with Gasteiger partial charge in [-0.15, -0.1) is 0 Å². The SMILES string of the molecule is COc1ccccc1CC1(C(=O)O)CCC1. The largest absolute Gasteiger partial charge is 0.496 e. The number of ether oxygens (including phenoxy) is 1. The van der Waals surface area contributed by atoms with Crippen LogP contribution in [0.15, 0.2) is 24.3 Å². The highest BCUT2D eigenvalue weighted by Gasteiger charge is 2.44. The van der Waals surface area contributed by atoms with Crippen LogP contribution in [0, 0.1) is 5.41 Å². The summed E-state index contributed by atoms with van der Waals surface area (Å²) in [6.07, 6.45) is 3.15. The van der Waals surface area contributed by atoms with Crippen molar-refractivity contribution in [3.05, 3.63) is 29.8 Å². The molecule has 0 saturated heterocycles. The molecule has 3 nitrogen and oxygen atoms in total. The first-order valence-electron chi connectivity index (χ1n) is 5.53. The second-order valence-corrected chi connectivity index (χ2v) is 4.43. The Morgan fingerprint density at radius 3 is 2.62 bits per heavy atom. The van der Waals surface area contributed by atoms with E-state index in [2.05, 4.69) is 0 Å². The Labute approximate surface area is 95.0 Å². The van der Waals surface area contributed by atoms with Crippen molar-refractivity contribution in [3.8, 4) is 5.75 Å². The van der Waals surface area contributed by atoms with E-state index < -0.39 is 11.4 Å². The molecule has 1 aromatic carbocycles. The monoisotopic (exact) mass is 220 g/mol. The minimum atomic E-state index is -0.676. The minimum absolute atomic E-state index is 0.547. The van der Waals surface area contributed by atoms with E-state index in [9.17, 15) is 9.90 Å². The highest BCUT2D eigenvalue weighted by molar-refractivity contribution is 5.76. The normalized spacial score (nSPS) is 17.6. The fourth-order valence-corrected chi connectivity index (χ4v) is 2.28. The number of carboxylic acids is 1. The summed E-state index contributed by atoms with van der Waals surface area (Å²) in [5.41, 5.74) is 0.446. The van der Waals surface area contributed by atoms with Crippen LogP contribution in [0.1, 0.15) is 24.8 Å². The summed E-state index contributed by atoms with van der Waals surface area (Å²) in [4.78, 5) is 11.3. The molecule has 1 aromatic rings. The van der Waals surface area contributed by atoms with Gasteiger partial charge in [-0.1, -0.05) is 24.6 Å². The lowest BCUT2D eigenvalue weighted by Gasteiger charge is -2.38. The molecule has 0 heterocycles. The summed E-state index contributed by atoms with van der Waals surface area (Å²) >= 11 is 0. The third-order valence-corrected chi connectivity index (χ3v) is 3.49. The number of hydrogen-bond acceptors (Lipinski definition) is 2. The van der Waals surface area contributed by atoms with Crippen LogP contribution in [-0.2, 0) is 11.2 Å². The Bertz CT molecular complexity index is 394. The van der Waals surface area contributed by atoms with E-state index in [4.69, 9.17) is 4.74 Å². The molecular weight excluding hydrogens is 204 g/mol. The van der Waals surface area contributed by atoms with Crippen molar-refractivity contribution < 1.29 is 14.6 Å². The zero-order valence-electron chi connectivity index (χ0n) is 9.40. The van der Waals surface area contributed by atoms with Crippen molar-refractivity contribution in [1.29, 1.82) is 0 Å². The molecule has 1 fully saturated rings. The Hall–Kier alpha value is -1.51. The number of benzene rings is 1. The molecule has 0 bridgehead atoms. The van der Waals surface area contributed by atoms with Gasteiger partial charge in [0, 0.05) is 0 Å². The van der Waals surface area contributed by atoms with E-state index in [-0.39, 0.29) is 0 Å². The maximum absolute atomic E-state index is 11.3. The number of hydrogen-bond donors (Lipinski definition) is 1. The van der Waals surface area contributed by atoms with Gasteiger partial charge in [-0.25, -0.2) is 0 Å². The predicted octanol–water partition coefficient (Wildman–Crippen LogP) is 2.49. The van der Waals surface area contributed by atoms with Crippen molar-refractivity contribution in [3.63, 3.8) is 0 Å². The number of methoxy groups -OCH3 is 1. The molecule has 0 radical (unpaired) electrons. The molecule has 0 aromatic heterocycles. The van der Waals surface area contributed by atoms with Gasteiger partial charge in [0.15, 0.2) is 0 Å². The van der Waals surface area contributed by atoms with Gasteiger partial charge in [-0.05, 0) is 30.9 Å². The van der Waals surface area contributed by atoms with Crippen LogP contribution in [0.25, 0.3) is 0 Å². The molecule has 1 aliphatic carbocycles.